The van der Waals surface area contributed by atoms with Gasteiger partial charge >= 0.3 is 5.97 Å². The van der Waals surface area contributed by atoms with Gasteiger partial charge in [-0.3, -0.25) is 4.79 Å². The van der Waals surface area contributed by atoms with Crippen molar-refractivity contribution < 1.29 is 9.53 Å². The number of aromatic amines is 1. The van der Waals surface area contributed by atoms with Crippen molar-refractivity contribution in [3.8, 4) is 0 Å². The third-order valence-corrected chi connectivity index (χ3v) is 2.64. The van der Waals surface area contributed by atoms with E-state index in [4.69, 9.17) is 4.74 Å². The molecule has 1 unspecified atom stereocenters. The molecule has 94 valence electrons. The van der Waals surface area contributed by atoms with Crippen LogP contribution in [-0.4, -0.2) is 18.1 Å². The lowest BCUT2D eigenvalue weighted by atomic mass is 10.0. The zero-order valence-electron chi connectivity index (χ0n) is 9.60. The molecule has 0 fully saturated rings. The van der Waals surface area contributed by atoms with E-state index in [1.54, 1.807) is 0 Å². The zero-order chi connectivity index (χ0) is 10.8. The average Bonchev–Trinajstić information content (AvgIpc) is 2.70. The van der Waals surface area contributed by atoms with E-state index in [-0.39, 0.29) is 36.7 Å². The fourth-order valence-electron chi connectivity index (χ4n) is 1.76. The number of ether oxygens (including phenoxy) is 1. The zero-order valence-corrected chi connectivity index (χ0v) is 11.2. The predicted molar refractivity (Wildman–Crippen MR) is 73.2 cm³/mol. The van der Waals surface area contributed by atoms with Crippen LogP contribution in [0.15, 0.2) is 30.5 Å². The summed E-state index contributed by atoms with van der Waals surface area (Å²) in [6, 6.07) is 7.92. The molecule has 1 heterocycles. The van der Waals surface area contributed by atoms with Gasteiger partial charge in [-0.2, -0.15) is 0 Å². The van der Waals surface area contributed by atoms with Crippen LogP contribution in [0.25, 0.3) is 10.9 Å². The number of para-hydroxylation sites is 1. The van der Waals surface area contributed by atoms with Crippen molar-refractivity contribution in [3.05, 3.63) is 36.0 Å². The third kappa shape index (κ3) is 2.93. The van der Waals surface area contributed by atoms with Crippen LogP contribution < -0.4 is 0 Å². The van der Waals surface area contributed by atoms with E-state index in [2.05, 4.69) is 4.98 Å². The maximum absolute atomic E-state index is 11.4. The number of nitrogens with one attached hydrogen (secondary N) is 1. The van der Waals surface area contributed by atoms with Gasteiger partial charge < -0.3 is 9.72 Å². The van der Waals surface area contributed by atoms with Gasteiger partial charge in [-0.25, -0.2) is 0 Å². The molecule has 0 aliphatic heterocycles. The number of carbonyl (C=O) groups is 1. The lowest BCUT2D eigenvalue weighted by Gasteiger charge is -2.07. The number of aromatic nitrogens is 1. The number of carbonyl (C=O) groups excluding carboxylic acids is 1. The molecule has 17 heavy (non-hydrogen) atoms. The molecule has 1 atom stereocenters. The number of halogens is 2. The Labute approximate surface area is 112 Å². The molecule has 0 bridgehead atoms. The van der Waals surface area contributed by atoms with E-state index in [9.17, 15) is 4.79 Å². The SMILES string of the molecule is COC(=O)C(C)c1c[nH]c2ccccc12.Cl.Cl. The lowest BCUT2D eigenvalue weighted by Crippen LogP contribution is -2.10. The van der Waals surface area contributed by atoms with Crippen LogP contribution in [0.2, 0.25) is 0 Å². The molecular formula is C12H15Cl2NO2. The highest BCUT2D eigenvalue weighted by Gasteiger charge is 2.18. The minimum absolute atomic E-state index is 0. The molecule has 1 N–H and O–H groups in total. The monoisotopic (exact) mass is 275 g/mol. The largest absolute Gasteiger partial charge is 0.469 e. The Bertz CT molecular complexity index is 496. The van der Waals surface area contributed by atoms with Gasteiger partial charge in [-0.05, 0) is 18.6 Å². The standard InChI is InChI=1S/C12H13NO2.2ClH/c1-8(12(14)15-2)10-7-13-11-6-4-3-5-9(10)11;;/h3-8,13H,1-2H3;2*1H. The molecule has 1 aromatic carbocycles. The second-order valence-electron chi connectivity index (χ2n) is 3.53. The summed E-state index contributed by atoms with van der Waals surface area (Å²) in [6.07, 6.45) is 1.87. The molecule has 2 rings (SSSR count). The van der Waals surface area contributed by atoms with Crippen LogP contribution in [0.4, 0.5) is 0 Å². The molecule has 0 saturated carbocycles. The van der Waals surface area contributed by atoms with E-state index < -0.39 is 0 Å². The van der Waals surface area contributed by atoms with Crippen molar-refractivity contribution in [2.24, 2.45) is 0 Å². The molecule has 0 saturated heterocycles. The number of benzene rings is 1. The molecule has 1 aromatic heterocycles. The number of hydrogen-bond acceptors (Lipinski definition) is 2. The Balaban J connectivity index is 0.00000128. The summed E-state index contributed by atoms with van der Waals surface area (Å²) in [5, 5.41) is 1.08. The molecule has 0 amide bonds. The molecule has 0 radical (unpaired) electrons. The summed E-state index contributed by atoms with van der Waals surface area (Å²) in [5.41, 5.74) is 2.03. The number of hydrogen-bond donors (Lipinski definition) is 1. The van der Waals surface area contributed by atoms with E-state index in [1.165, 1.54) is 7.11 Å². The number of fused-ring (bicyclic) bond motifs is 1. The van der Waals surface area contributed by atoms with Crippen LogP contribution in [0.3, 0.4) is 0 Å². The lowest BCUT2D eigenvalue weighted by molar-refractivity contribution is -0.141. The predicted octanol–water partition coefficient (Wildman–Crippen LogP) is 3.29. The van der Waals surface area contributed by atoms with Gasteiger partial charge in [0.25, 0.3) is 0 Å². The van der Waals surface area contributed by atoms with Crippen molar-refractivity contribution in [1.29, 1.82) is 0 Å². The van der Waals surface area contributed by atoms with Crippen LogP contribution in [0.1, 0.15) is 18.4 Å². The normalized spacial score (nSPS) is 11.2. The van der Waals surface area contributed by atoms with E-state index in [0.717, 1.165) is 16.5 Å². The topological polar surface area (TPSA) is 42.1 Å². The Hall–Kier alpha value is -1.19. The Morgan fingerprint density at radius 2 is 1.94 bits per heavy atom. The van der Waals surface area contributed by atoms with Gasteiger partial charge in [0.05, 0.1) is 13.0 Å². The van der Waals surface area contributed by atoms with Gasteiger partial charge in [-0.15, -0.1) is 24.8 Å². The van der Waals surface area contributed by atoms with Crippen LogP contribution in [0.5, 0.6) is 0 Å². The molecule has 0 spiro atoms. The van der Waals surface area contributed by atoms with Crippen molar-refractivity contribution in [1.82, 2.24) is 4.98 Å². The smallest absolute Gasteiger partial charge is 0.312 e. The highest BCUT2D eigenvalue weighted by Crippen LogP contribution is 2.25. The molecule has 0 aliphatic carbocycles. The number of esters is 1. The van der Waals surface area contributed by atoms with E-state index in [1.807, 2.05) is 37.4 Å². The Kier molecular flexibility index (Phi) is 6.07. The number of H-pyrrole nitrogens is 1. The molecule has 0 aliphatic rings. The van der Waals surface area contributed by atoms with Gasteiger partial charge in [0.1, 0.15) is 0 Å². The minimum Gasteiger partial charge on any atom is -0.469 e. The number of rotatable bonds is 2. The fraction of sp³-hybridized carbons (Fsp3) is 0.250. The van der Waals surface area contributed by atoms with Gasteiger partial charge in [0, 0.05) is 17.1 Å². The molecule has 3 nitrogen and oxygen atoms in total. The quantitative estimate of drug-likeness (QED) is 0.855. The summed E-state index contributed by atoms with van der Waals surface area (Å²) in [4.78, 5) is 14.6. The summed E-state index contributed by atoms with van der Waals surface area (Å²) in [5.74, 6) is -0.439. The Morgan fingerprint density at radius 3 is 2.59 bits per heavy atom. The maximum Gasteiger partial charge on any atom is 0.312 e. The summed E-state index contributed by atoms with van der Waals surface area (Å²) in [7, 11) is 1.41. The highest BCUT2D eigenvalue weighted by atomic mass is 35.5. The van der Waals surface area contributed by atoms with E-state index >= 15 is 0 Å². The number of methoxy groups -OCH3 is 1. The molecule has 5 heteroatoms. The van der Waals surface area contributed by atoms with Crippen molar-refractivity contribution in [2.45, 2.75) is 12.8 Å². The van der Waals surface area contributed by atoms with Gasteiger partial charge in [0.15, 0.2) is 0 Å². The van der Waals surface area contributed by atoms with Crippen LogP contribution in [-0.2, 0) is 9.53 Å². The summed E-state index contributed by atoms with van der Waals surface area (Å²) >= 11 is 0. The average molecular weight is 276 g/mol. The molecular weight excluding hydrogens is 261 g/mol. The first-order chi connectivity index (χ1) is 7.24. The second kappa shape index (κ2) is 6.52. The van der Waals surface area contributed by atoms with Gasteiger partial charge in [-0.1, -0.05) is 18.2 Å². The first-order valence-corrected chi connectivity index (χ1v) is 4.88. The third-order valence-electron chi connectivity index (χ3n) is 2.64. The van der Waals surface area contributed by atoms with Crippen LogP contribution >= 0.6 is 24.8 Å². The minimum atomic E-state index is -0.230. The van der Waals surface area contributed by atoms with Crippen LogP contribution in [0, 0.1) is 0 Å². The summed E-state index contributed by atoms with van der Waals surface area (Å²) < 4.78 is 4.73. The first-order valence-electron chi connectivity index (χ1n) is 4.88. The Morgan fingerprint density at radius 1 is 1.29 bits per heavy atom. The van der Waals surface area contributed by atoms with Crippen molar-refractivity contribution in [3.63, 3.8) is 0 Å². The van der Waals surface area contributed by atoms with Crippen molar-refractivity contribution >= 4 is 41.7 Å². The second-order valence-corrected chi connectivity index (χ2v) is 3.53. The van der Waals surface area contributed by atoms with E-state index in [0.29, 0.717) is 0 Å². The van der Waals surface area contributed by atoms with Gasteiger partial charge in [0.2, 0.25) is 0 Å². The summed E-state index contributed by atoms with van der Waals surface area (Å²) in [6.45, 7) is 1.85. The highest BCUT2D eigenvalue weighted by molar-refractivity contribution is 5.89. The first kappa shape index (κ1) is 15.8. The van der Waals surface area contributed by atoms with Crippen molar-refractivity contribution in [2.75, 3.05) is 7.11 Å². The maximum atomic E-state index is 11.4. The fourth-order valence-corrected chi connectivity index (χ4v) is 1.76. The molecule has 2 aromatic rings.